The highest BCUT2D eigenvalue weighted by molar-refractivity contribution is 5.86. The molecular weight excluding hydrogens is 190 g/mol. The maximum Gasteiger partial charge on any atom is 0.142 e. The quantitative estimate of drug-likeness (QED) is 0.669. The molecule has 88 valence electrons. The number of Topliss-reactive ketones (excluding diaryl/α,β-unsaturated/α-hetero) is 1. The molecule has 2 atom stereocenters. The van der Waals surface area contributed by atoms with Crippen molar-refractivity contribution in [3.63, 3.8) is 0 Å². The zero-order valence-electron chi connectivity index (χ0n) is 10.9. The van der Waals surface area contributed by atoms with E-state index >= 15 is 0 Å². The van der Waals surface area contributed by atoms with Crippen LogP contribution in [0.15, 0.2) is 0 Å². The lowest BCUT2D eigenvalue weighted by molar-refractivity contribution is -0.279. The fourth-order valence-electron chi connectivity index (χ4n) is 2.64. The van der Waals surface area contributed by atoms with Crippen LogP contribution in [0.2, 0.25) is 0 Å². The monoisotopic (exact) mass is 213 g/mol. The Balaban J connectivity index is 3.19. The number of piperidine rings is 1. The van der Waals surface area contributed by atoms with E-state index < -0.39 is 0 Å². The molecule has 0 aromatic carbocycles. The summed E-state index contributed by atoms with van der Waals surface area (Å²) in [6.45, 7) is 12.2. The normalized spacial score (nSPS) is 35.5. The number of hydroxylamine groups is 2. The first kappa shape index (κ1) is 12.7. The number of carbonyl (C=O) groups is 1. The van der Waals surface area contributed by atoms with Gasteiger partial charge in [0.05, 0.1) is 18.2 Å². The molecule has 0 saturated carbocycles. The highest BCUT2D eigenvalue weighted by Crippen LogP contribution is 2.42. The molecule has 0 bridgehead atoms. The van der Waals surface area contributed by atoms with Crippen LogP contribution in [0.4, 0.5) is 0 Å². The molecule has 1 heterocycles. The Morgan fingerprint density at radius 1 is 1.07 bits per heavy atom. The first-order chi connectivity index (χ1) is 6.67. The van der Waals surface area contributed by atoms with Gasteiger partial charge in [0.1, 0.15) is 5.78 Å². The van der Waals surface area contributed by atoms with E-state index in [1.807, 2.05) is 18.9 Å². The number of rotatable bonds is 1. The Morgan fingerprint density at radius 2 is 1.40 bits per heavy atom. The summed E-state index contributed by atoms with van der Waals surface area (Å²) in [6.07, 6.45) is 0. The molecule has 0 aromatic heterocycles. The number of carbonyl (C=O) groups excluding carboxylic acids is 1. The van der Waals surface area contributed by atoms with Crippen LogP contribution < -0.4 is 0 Å². The van der Waals surface area contributed by atoms with Gasteiger partial charge in [-0.3, -0.25) is 4.79 Å². The van der Waals surface area contributed by atoms with Crippen LogP contribution in [-0.4, -0.2) is 29.0 Å². The fourth-order valence-corrected chi connectivity index (χ4v) is 2.64. The smallest absolute Gasteiger partial charge is 0.142 e. The Labute approximate surface area is 92.7 Å². The SMILES string of the molecule is CON1C(C)(C)C(C)C(=O)C(C)C1(C)C. The predicted octanol–water partition coefficient (Wildman–Crippen LogP) is 2.26. The summed E-state index contributed by atoms with van der Waals surface area (Å²) >= 11 is 0. The Morgan fingerprint density at radius 3 is 1.67 bits per heavy atom. The van der Waals surface area contributed by atoms with Gasteiger partial charge in [0, 0.05) is 11.8 Å². The van der Waals surface area contributed by atoms with Gasteiger partial charge >= 0.3 is 0 Å². The first-order valence-corrected chi connectivity index (χ1v) is 5.55. The average Bonchev–Trinajstić information content (AvgIpc) is 2.12. The van der Waals surface area contributed by atoms with E-state index in [0.717, 1.165) is 0 Å². The summed E-state index contributed by atoms with van der Waals surface area (Å²) in [7, 11) is 1.68. The lowest BCUT2D eigenvalue weighted by atomic mass is 9.68. The second-order valence-electron chi connectivity index (χ2n) is 5.63. The van der Waals surface area contributed by atoms with Crippen molar-refractivity contribution in [2.45, 2.75) is 52.6 Å². The molecular formula is C12H23NO2. The molecule has 3 nitrogen and oxygen atoms in total. The van der Waals surface area contributed by atoms with E-state index in [4.69, 9.17) is 4.84 Å². The van der Waals surface area contributed by atoms with Crippen LogP contribution >= 0.6 is 0 Å². The Bertz CT molecular complexity index is 247. The third-order valence-electron chi connectivity index (χ3n) is 4.20. The maximum atomic E-state index is 12.1. The van der Waals surface area contributed by atoms with Gasteiger partial charge in [-0.15, -0.1) is 0 Å². The lowest BCUT2D eigenvalue weighted by Crippen LogP contribution is -2.67. The molecule has 2 unspecified atom stereocenters. The van der Waals surface area contributed by atoms with Crippen LogP contribution in [-0.2, 0) is 9.63 Å². The van der Waals surface area contributed by atoms with Gasteiger partial charge in [-0.05, 0) is 27.7 Å². The van der Waals surface area contributed by atoms with Crippen LogP contribution in [0, 0.1) is 11.8 Å². The molecule has 1 saturated heterocycles. The molecule has 3 heteroatoms. The van der Waals surface area contributed by atoms with Crippen molar-refractivity contribution in [1.82, 2.24) is 5.06 Å². The third kappa shape index (κ3) is 1.62. The minimum absolute atomic E-state index is 0.000440. The minimum atomic E-state index is -0.248. The fraction of sp³-hybridized carbons (Fsp3) is 0.917. The average molecular weight is 213 g/mol. The molecule has 0 N–H and O–H groups in total. The van der Waals surface area contributed by atoms with E-state index in [-0.39, 0.29) is 22.9 Å². The van der Waals surface area contributed by atoms with Gasteiger partial charge in [0.15, 0.2) is 0 Å². The number of nitrogens with zero attached hydrogens (tertiary/aromatic N) is 1. The zero-order valence-corrected chi connectivity index (χ0v) is 10.9. The van der Waals surface area contributed by atoms with Gasteiger partial charge in [-0.25, -0.2) is 0 Å². The number of hydrogen-bond acceptors (Lipinski definition) is 3. The molecule has 0 aromatic rings. The second kappa shape index (κ2) is 3.56. The van der Waals surface area contributed by atoms with Crippen LogP contribution in [0.25, 0.3) is 0 Å². The van der Waals surface area contributed by atoms with Crippen molar-refractivity contribution in [1.29, 1.82) is 0 Å². The largest absolute Gasteiger partial charge is 0.301 e. The lowest BCUT2D eigenvalue weighted by Gasteiger charge is -2.55. The summed E-state index contributed by atoms with van der Waals surface area (Å²) in [6, 6.07) is 0. The van der Waals surface area contributed by atoms with Gasteiger partial charge < -0.3 is 4.84 Å². The predicted molar refractivity (Wildman–Crippen MR) is 60.3 cm³/mol. The molecule has 0 amide bonds. The van der Waals surface area contributed by atoms with Gasteiger partial charge in [0.2, 0.25) is 0 Å². The zero-order chi connectivity index (χ0) is 12.0. The van der Waals surface area contributed by atoms with Crippen molar-refractivity contribution in [3.8, 4) is 0 Å². The van der Waals surface area contributed by atoms with E-state index in [0.29, 0.717) is 5.78 Å². The third-order valence-corrected chi connectivity index (χ3v) is 4.20. The van der Waals surface area contributed by atoms with Gasteiger partial charge in [0.25, 0.3) is 0 Å². The van der Waals surface area contributed by atoms with Crippen molar-refractivity contribution in [2.24, 2.45) is 11.8 Å². The van der Waals surface area contributed by atoms with Crippen molar-refractivity contribution >= 4 is 5.78 Å². The summed E-state index contributed by atoms with van der Waals surface area (Å²) in [4.78, 5) is 17.6. The van der Waals surface area contributed by atoms with Crippen molar-refractivity contribution in [3.05, 3.63) is 0 Å². The van der Waals surface area contributed by atoms with Crippen LogP contribution in [0.3, 0.4) is 0 Å². The highest BCUT2D eigenvalue weighted by Gasteiger charge is 2.54. The number of hydrogen-bond donors (Lipinski definition) is 0. The van der Waals surface area contributed by atoms with E-state index in [9.17, 15) is 4.79 Å². The van der Waals surface area contributed by atoms with Crippen molar-refractivity contribution in [2.75, 3.05) is 7.11 Å². The standard InChI is InChI=1S/C12H23NO2/c1-8-10(14)9(2)12(5,6)13(15-7)11(8,3)4/h8-9H,1-7H3. The van der Waals surface area contributed by atoms with Crippen molar-refractivity contribution < 1.29 is 9.63 Å². The van der Waals surface area contributed by atoms with Crippen LogP contribution in [0.1, 0.15) is 41.5 Å². The molecule has 1 aliphatic heterocycles. The molecule has 0 radical (unpaired) electrons. The molecule has 15 heavy (non-hydrogen) atoms. The molecule has 0 aliphatic carbocycles. The molecule has 1 aliphatic rings. The summed E-state index contributed by atoms with van der Waals surface area (Å²) < 4.78 is 0. The maximum absolute atomic E-state index is 12.1. The number of ketones is 1. The summed E-state index contributed by atoms with van der Waals surface area (Å²) in [5.41, 5.74) is -0.496. The van der Waals surface area contributed by atoms with E-state index in [2.05, 4.69) is 27.7 Å². The minimum Gasteiger partial charge on any atom is -0.301 e. The van der Waals surface area contributed by atoms with E-state index in [1.54, 1.807) is 7.11 Å². The van der Waals surface area contributed by atoms with E-state index in [1.165, 1.54) is 0 Å². The van der Waals surface area contributed by atoms with Crippen LogP contribution in [0.5, 0.6) is 0 Å². The summed E-state index contributed by atoms with van der Waals surface area (Å²) in [5.74, 6) is 0.333. The molecule has 1 fully saturated rings. The second-order valence-corrected chi connectivity index (χ2v) is 5.63. The highest BCUT2D eigenvalue weighted by atomic mass is 16.7. The Hall–Kier alpha value is -0.410. The molecule has 1 rings (SSSR count). The van der Waals surface area contributed by atoms with Gasteiger partial charge in [-0.2, -0.15) is 5.06 Å². The topological polar surface area (TPSA) is 29.5 Å². The molecule has 0 spiro atoms. The first-order valence-electron chi connectivity index (χ1n) is 5.55. The van der Waals surface area contributed by atoms with Gasteiger partial charge in [-0.1, -0.05) is 13.8 Å². The summed E-state index contributed by atoms with van der Waals surface area (Å²) in [5, 5.41) is 1.97. The Kier molecular flexibility index (Phi) is 3.01.